The summed E-state index contributed by atoms with van der Waals surface area (Å²) in [5.74, 6) is 0. The Hall–Kier alpha value is -1.70. The van der Waals surface area contributed by atoms with Gasteiger partial charge in [0.25, 0.3) is 0 Å². The molecule has 5 nitrogen and oxygen atoms in total. The molecule has 1 heterocycles. The zero-order chi connectivity index (χ0) is 17.2. The Morgan fingerprint density at radius 1 is 1.21 bits per heavy atom. The second-order valence-corrected chi connectivity index (χ2v) is 8.24. The monoisotopic (exact) mass is 407 g/mol. The van der Waals surface area contributed by atoms with Crippen molar-refractivity contribution in [3.05, 3.63) is 58.8 Å². The molecule has 2 aromatic carbocycles. The third-order valence-electron chi connectivity index (χ3n) is 3.83. The second-order valence-electron chi connectivity index (χ2n) is 5.59. The minimum absolute atomic E-state index is 0.310. The summed E-state index contributed by atoms with van der Waals surface area (Å²) in [6.45, 7) is 2.87. The minimum Gasteiger partial charge on any atom is -0.331 e. The molecule has 0 saturated heterocycles. The molecule has 0 aliphatic rings. The first-order valence-corrected chi connectivity index (χ1v) is 9.91. The van der Waals surface area contributed by atoms with E-state index in [1.165, 1.54) is 0 Å². The zero-order valence-electron chi connectivity index (χ0n) is 13.2. The molecule has 0 atom stereocenters. The van der Waals surface area contributed by atoms with Gasteiger partial charge < -0.3 is 4.57 Å². The van der Waals surface area contributed by atoms with Gasteiger partial charge in [-0.3, -0.25) is 0 Å². The molecule has 1 N–H and O–H groups in total. The fraction of sp³-hybridized carbons (Fsp3) is 0.235. The average Bonchev–Trinajstić information content (AvgIpc) is 2.97. The van der Waals surface area contributed by atoms with E-state index in [0.717, 1.165) is 21.1 Å². The number of halogens is 1. The van der Waals surface area contributed by atoms with Crippen LogP contribution < -0.4 is 4.72 Å². The lowest BCUT2D eigenvalue weighted by Gasteiger charge is -2.10. The maximum atomic E-state index is 12.4. The maximum Gasteiger partial charge on any atom is 0.240 e. The van der Waals surface area contributed by atoms with Crippen LogP contribution in [0, 0.1) is 6.92 Å². The van der Waals surface area contributed by atoms with Crippen LogP contribution in [0.2, 0.25) is 0 Å². The molecule has 0 unspecified atom stereocenters. The normalized spacial score (nSPS) is 11.9. The van der Waals surface area contributed by atoms with E-state index in [2.05, 4.69) is 25.6 Å². The van der Waals surface area contributed by atoms with Crippen LogP contribution in [-0.2, 0) is 16.6 Å². The van der Waals surface area contributed by atoms with E-state index in [0.29, 0.717) is 24.4 Å². The summed E-state index contributed by atoms with van der Waals surface area (Å²) in [6.07, 6.45) is 2.48. The summed E-state index contributed by atoms with van der Waals surface area (Å²) in [6, 6.07) is 13.1. The Morgan fingerprint density at radius 3 is 2.83 bits per heavy atom. The van der Waals surface area contributed by atoms with E-state index >= 15 is 0 Å². The van der Waals surface area contributed by atoms with Crippen LogP contribution in [-0.4, -0.2) is 24.5 Å². The van der Waals surface area contributed by atoms with Crippen molar-refractivity contribution in [2.24, 2.45) is 0 Å². The molecule has 126 valence electrons. The summed E-state index contributed by atoms with van der Waals surface area (Å²) in [7, 11) is -3.50. The summed E-state index contributed by atoms with van der Waals surface area (Å²) >= 11 is 3.32. The van der Waals surface area contributed by atoms with E-state index < -0.39 is 10.0 Å². The number of aryl methyl sites for hydroxylation is 2. The zero-order valence-corrected chi connectivity index (χ0v) is 15.6. The van der Waals surface area contributed by atoms with Gasteiger partial charge in [0.1, 0.15) is 0 Å². The van der Waals surface area contributed by atoms with Gasteiger partial charge in [-0.1, -0.05) is 34.1 Å². The number of imidazole rings is 1. The number of sulfonamides is 1. The number of nitrogens with zero attached hydrogens (tertiary/aromatic N) is 2. The van der Waals surface area contributed by atoms with Gasteiger partial charge in [0, 0.05) is 17.6 Å². The first-order chi connectivity index (χ1) is 11.5. The topological polar surface area (TPSA) is 64.0 Å². The highest BCUT2D eigenvalue weighted by atomic mass is 79.9. The van der Waals surface area contributed by atoms with Gasteiger partial charge in [0.05, 0.1) is 22.3 Å². The van der Waals surface area contributed by atoms with Crippen LogP contribution in [0.15, 0.2) is 58.2 Å². The van der Waals surface area contributed by atoms with Crippen molar-refractivity contribution in [3.8, 4) is 0 Å². The van der Waals surface area contributed by atoms with Gasteiger partial charge in [-0.25, -0.2) is 18.1 Å². The molecule has 3 aromatic rings. The molecule has 0 bridgehead atoms. The highest BCUT2D eigenvalue weighted by Crippen LogP contribution is 2.20. The van der Waals surface area contributed by atoms with E-state index in [4.69, 9.17) is 0 Å². The molecule has 0 spiro atoms. The van der Waals surface area contributed by atoms with E-state index in [1.807, 2.05) is 34.9 Å². The number of benzene rings is 2. The van der Waals surface area contributed by atoms with Gasteiger partial charge in [-0.15, -0.1) is 0 Å². The number of para-hydroxylation sites is 2. The van der Waals surface area contributed by atoms with Crippen molar-refractivity contribution < 1.29 is 8.42 Å². The third kappa shape index (κ3) is 3.68. The number of aromatic nitrogens is 2. The van der Waals surface area contributed by atoms with Crippen molar-refractivity contribution in [2.75, 3.05) is 6.54 Å². The Balaban J connectivity index is 1.62. The molecule has 0 amide bonds. The summed E-state index contributed by atoms with van der Waals surface area (Å²) in [5.41, 5.74) is 2.73. The lowest BCUT2D eigenvalue weighted by molar-refractivity contribution is 0.571. The molecule has 3 rings (SSSR count). The highest BCUT2D eigenvalue weighted by molar-refractivity contribution is 9.10. The predicted molar refractivity (Wildman–Crippen MR) is 98.4 cm³/mol. The van der Waals surface area contributed by atoms with Crippen LogP contribution in [0.4, 0.5) is 0 Å². The molecule has 0 radical (unpaired) electrons. The number of rotatable bonds is 6. The summed E-state index contributed by atoms with van der Waals surface area (Å²) in [4.78, 5) is 4.64. The molecule has 1 aromatic heterocycles. The van der Waals surface area contributed by atoms with Crippen molar-refractivity contribution in [3.63, 3.8) is 0 Å². The van der Waals surface area contributed by atoms with Gasteiger partial charge in [-0.2, -0.15) is 0 Å². The summed E-state index contributed by atoms with van der Waals surface area (Å²) in [5, 5.41) is 0. The molecule has 0 saturated carbocycles. The minimum atomic E-state index is -3.50. The van der Waals surface area contributed by atoms with Gasteiger partial charge in [0.15, 0.2) is 0 Å². The Bertz CT molecular complexity index is 967. The number of hydrogen-bond acceptors (Lipinski definition) is 3. The maximum absolute atomic E-state index is 12.4. The average molecular weight is 408 g/mol. The smallest absolute Gasteiger partial charge is 0.240 e. The molecule has 0 aliphatic carbocycles. The lowest BCUT2D eigenvalue weighted by Crippen LogP contribution is -2.26. The Labute approximate surface area is 149 Å². The molecule has 0 aliphatic heterocycles. The molecular formula is C17H18BrN3O2S. The van der Waals surface area contributed by atoms with E-state index in [1.54, 1.807) is 25.4 Å². The van der Waals surface area contributed by atoms with Gasteiger partial charge in [0.2, 0.25) is 10.0 Å². The number of nitrogens with one attached hydrogen (secondary N) is 1. The van der Waals surface area contributed by atoms with Crippen molar-refractivity contribution in [1.82, 2.24) is 14.3 Å². The lowest BCUT2D eigenvalue weighted by atomic mass is 10.2. The van der Waals surface area contributed by atoms with E-state index in [-0.39, 0.29) is 0 Å². The van der Waals surface area contributed by atoms with Crippen LogP contribution in [0.1, 0.15) is 12.0 Å². The largest absolute Gasteiger partial charge is 0.331 e. The van der Waals surface area contributed by atoms with E-state index in [9.17, 15) is 8.42 Å². The second kappa shape index (κ2) is 7.04. The first-order valence-electron chi connectivity index (χ1n) is 7.63. The molecule has 7 heteroatoms. The van der Waals surface area contributed by atoms with Gasteiger partial charge in [-0.05, 0) is 43.2 Å². The molecule has 24 heavy (non-hydrogen) atoms. The number of fused-ring (bicyclic) bond motifs is 1. The van der Waals surface area contributed by atoms with Crippen LogP contribution in [0.3, 0.4) is 0 Å². The SMILES string of the molecule is Cc1ccc(Br)cc1S(=O)(=O)NCCCn1cnc2ccccc21. The van der Waals surface area contributed by atoms with Crippen LogP contribution >= 0.6 is 15.9 Å². The first kappa shape index (κ1) is 17.1. The Kier molecular flexibility index (Phi) is 5.03. The fourth-order valence-corrected chi connectivity index (χ4v) is 4.44. The molecule has 0 fully saturated rings. The van der Waals surface area contributed by atoms with Crippen molar-refractivity contribution in [1.29, 1.82) is 0 Å². The summed E-state index contributed by atoms with van der Waals surface area (Å²) < 4.78 is 30.3. The number of hydrogen-bond donors (Lipinski definition) is 1. The highest BCUT2D eigenvalue weighted by Gasteiger charge is 2.16. The van der Waals surface area contributed by atoms with Crippen molar-refractivity contribution in [2.45, 2.75) is 24.8 Å². The standard InChI is InChI=1S/C17H18BrN3O2S/c1-13-7-8-14(18)11-17(13)24(22,23)20-9-4-10-21-12-19-15-5-2-3-6-16(15)21/h2-3,5-8,11-12,20H,4,9-10H2,1H3. The van der Waals surface area contributed by atoms with Crippen LogP contribution in [0.25, 0.3) is 11.0 Å². The van der Waals surface area contributed by atoms with Gasteiger partial charge >= 0.3 is 0 Å². The quantitative estimate of drug-likeness (QED) is 0.636. The van der Waals surface area contributed by atoms with Crippen molar-refractivity contribution >= 4 is 37.0 Å². The Morgan fingerprint density at radius 2 is 2.00 bits per heavy atom. The molecular weight excluding hydrogens is 390 g/mol. The predicted octanol–water partition coefficient (Wildman–Crippen LogP) is 3.48. The fourth-order valence-electron chi connectivity index (χ4n) is 2.59. The van der Waals surface area contributed by atoms with Crippen LogP contribution in [0.5, 0.6) is 0 Å². The third-order valence-corrected chi connectivity index (χ3v) is 5.93.